The van der Waals surface area contributed by atoms with E-state index in [1.807, 2.05) is 7.05 Å². The van der Waals surface area contributed by atoms with Crippen LogP contribution in [0.1, 0.15) is 34.6 Å². The number of urea groups is 1. The van der Waals surface area contributed by atoms with Crippen LogP contribution in [0.5, 0.6) is 0 Å². The fraction of sp³-hybridized carbons (Fsp3) is 0.450. The van der Waals surface area contributed by atoms with E-state index in [0.29, 0.717) is 25.5 Å². The van der Waals surface area contributed by atoms with E-state index in [1.165, 1.54) is 11.1 Å². The Morgan fingerprint density at radius 2 is 2.04 bits per heavy atom. The van der Waals surface area contributed by atoms with Gasteiger partial charge in [-0.15, -0.1) is 0 Å². The van der Waals surface area contributed by atoms with Gasteiger partial charge in [0.2, 0.25) is 5.78 Å². The normalized spacial score (nSPS) is 17.2. The first kappa shape index (κ1) is 18.2. The van der Waals surface area contributed by atoms with Gasteiger partial charge in [0, 0.05) is 45.0 Å². The third-order valence-corrected chi connectivity index (χ3v) is 4.93. The molecule has 1 atom stereocenters. The Morgan fingerprint density at radius 3 is 2.73 bits per heavy atom. The van der Waals surface area contributed by atoms with E-state index in [0.717, 1.165) is 19.3 Å². The summed E-state index contributed by atoms with van der Waals surface area (Å²) >= 11 is 0. The van der Waals surface area contributed by atoms with E-state index >= 15 is 0 Å². The first-order valence-corrected chi connectivity index (χ1v) is 9.14. The van der Waals surface area contributed by atoms with E-state index in [1.54, 1.807) is 21.9 Å². The highest BCUT2D eigenvalue weighted by Gasteiger charge is 2.30. The monoisotopic (exact) mass is 354 g/mol. The van der Waals surface area contributed by atoms with Crippen molar-refractivity contribution >= 4 is 11.8 Å². The predicted octanol–water partition coefficient (Wildman–Crippen LogP) is 2.58. The minimum absolute atomic E-state index is 0.0228. The van der Waals surface area contributed by atoms with Gasteiger partial charge < -0.3 is 14.8 Å². The number of Topliss-reactive ketones (excluding diaryl/α,β-unsaturated/α-hetero) is 1. The molecule has 6 heteroatoms. The van der Waals surface area contributed by atoms with Crippen LogP contribution in [0.4, 0.5) is 4.79 Å². The van der Waals surface area contributed by atoms with Gasteiger partial charge in [0.1, 0.15) is 0 Å². The molecule has 0 radical (unpaired) electrons. The third-order valence-electron chi connectivity index (χ3n) is 4.93. The van der Waals surface area contributed by atoms with Gasteiger partial charge in [-0.1, -0.05) is 29.8 Å². The van der Waals surface area contributed by atoms with Crippen molar-refractivity contribution in [3.63, 3.8) is 0 Å². The molecule has 2 heterocycles. The lowest BCUT2D eigenvalue weighted by Crippen LogP contribution is -2.47. The number of aromatic nitrogens is 2. The SMILES string of the molecule is Cc1ccc(CCNC(=O)N2CCCC(C(=O)c3nccn3C)C2)cc1. The first-order chi connectivity index (χ1) is 12.5. The van der Waals surface area contributed by atoms with Gasteiger partial charge in [-0.25, -0.2) is 9.78 Å². The zero-order valence-electron chi connectivity index (χ0n) is 15.4. The standard InChI is InChI=1S/C20H26N4O2/c1-15-5-7-16(8-6-15)9-10-22-20(26)24-12-3-4-17(14-24)18(25)19-21-11-13-23(19)2/h5-8,11,13,17H,3-4,9-10,12,14H2,1-2H3,(H,22,26). The van der Waals surface area contributed by atoms with Gasteiger partial charge >= 0.3 is 6.03 Å². The fourth-order valence-electron chi connectivity index (χ4n) is 3.34. The van der Waals surface area contributed by atoms with Crippen molar-refractivity contribution in [2.45, 2.75) is 26.2 Å². The van der Waals surface area contributed by atoms with Crippen molar-refractivity contribution in [2.75, 3.05) is 19.6 Å². The summed E-state index contributed by atoms with van der Waals surface area (Å²) in [5.41, 5.74) is 2.44. The Kier molecular flexibility index (Phi) is 5.71. The molecule has 1 unspecified atom stereocenters. The predicted molar refractivity (Wildman–Crippen MR) is 100 cm³/mol. The second-order valence-electron chi connectivity index (χ2n) is 6.98. The Hall–Kier alpha value is -2.63. The van der Waals surface area contributed by atoms with Crippen LogP contribution in [0, 0.1) is 12.8 Å². The van der Waals surface area contributed by atoms with Gasteiger partial charge in [-0.2, -0.15) is 0 Å². The maximum Gasteiger partial charge on any atom is 0.317 e. The summed E-state index contributed by atoms with van der Waals surface area (Å²) in [6.07, 6.45) is 5.85. The molecule has 0 spiro atoms. The molecule has 2 amide bonds. The molecule has 2 aromatic rings. The molecule has 0 aliphatic carbocycles. The quantitative estimate of drug-likeness (QED) is 0.839. The topological polar surface area (TPSA) is 67.2 Å². The minimum Gasteiger partial charge on any atom is -0.338 e. The molecule has 1 N–H and O–H groups in total. The van der Waals surface area contributed by atoms with E-state index in [4.69, 9.17) is 0 Å². The zero-order valence-corrected chi connectivity index (χ0v) is 15.4. The number of nitrogens with one attached hydrogen (secondary N) is 1. The molecule has 1 fully saturated rings. The maximum atomic E-state index is 12.6. The van der Waals surface area contributed by atoms with Crippen LogP contribution in [0.15, 0.2) is 36.7 Å². The summed E-state index contributed by atoms with van der Waals surface area (Å²) < 4.78 is 1.74. The number of benzene rings is 1. The molecule has 26 heavy (non-hydrogen) atoms. The van der Waals surface area contributed by atoms with Crippen LogP contribution in [0.2, 0.25) is 0 Å². The van der Waals surface area contributed by atoms with E-state index in [-0.39, 0.29) is 17.7 Å². The molecular formula is C20H26N4O2. The molecule has 0 saturated carbocycles. The number of nitrogens with zero attached hydrogens (tertiary/aromatic N) is 3. The second kappa shape index (κ2) is 8.17. The van der Waals surface area contributed by atoms with E-state index < -0.39 is 0 Å². The summed E-state index contributed by atoms with van der Waals surface area (Å²) in [6.45, 7) is 3.81. The largest absolute Gasteiger partial charge is 0.338 e. The number of carbonyl (C=O) groups is 2. The number of ketones is 1. The number of hydrogen-bond acceptors (Lipinski definition) is 3. The molecule has 1 aromatic heterocycles. The van der Waals surface area contributed by atoms with E-state index in [9.17, 15) is 9.59 Å². The third kappa shape index (κ3) is 4.31. The Bertz CT molecular complexity index is 766. The lowest BCUT2D eigenvalue weighted by Gasteiger charge is -2.31. The number of aryl methyl sites for hydroxylation is 2. The van der Waals surface area contributed by atoms with Crippen molar-refractivity contribution in [3.8, 4) is 0 Å². The second-order valence-corrected chi connectivity index (χ2v) is 6.98. The average Bonchev–Trinajstić information content (AvgIpc) is 3.08. The van der Waals surface area contributed by atoms with Crippen LogP contribution in [0.25, 0.3) is 0 Å². The molecule has 1 aliphatic rings. The molecule has 1 saturated heterocycles. The van der Waals surface area contributed by atoms with Crippen LogP contribution >= 0.6 is 0 Å². The Balaban J connectivity index is 1.50. The highest BCUT2D eigenvalue weighted by atomic mass is 16.2. The number of rotatable bonds is 5. The first-order valence-electron chi connectivity index (χ1n) is 9.14. The summed E-state index contributed by atoms with van der Waals surface area (Å²) in [7, 11) is 1.82. The van der Waals surface area contributed by atoms with Crippen LogP contribution in [0.3, 0.4) is 0 Å². The summed E-state index contributed by atoms with van der Waals surface area (Å²) in [6, 6.07) is 8.24. The van der Waals surface area contributed by atoms with Gasteiger partial charge in [0.05, 0.1) is 0 Å². The molecule has 0 bridgehead atoms. The molecule has 1 aromatic carbocycles. The van der Waals surface area contributed by atoms with Crippen molar-refractivity contribution in [1.29, 1.82) is 0 Å². The molecule has 138 valence electrons. The van der Waals surface area contributed by atoms with Gasteiger partial charge in [-0.05, 0) is 31.7 Å². The number of piperidine rings is 1. The smallest absolute Gasteiger partial charge is 0.317 e. The molecule has 6 nitrogen and oxygen atoms in total. The molecule has 3 rings (SSSR count). The molecular weight excluding hydrogens is 328 g/mol. The van der Waals surface area contributed by atoms with Crippen molar-refractivity contribution in [3.05, 3.63) is 53.6 Å². The number of hydrogen-bond donors (Lipinski definition) is 1. The zero-order chi connectivity index (χ0) is 18.5. The highest BCUT2D eigenvalue weighted by molar-refractivity contribution is 5.95. The Morgan fingerprint density at radius 1 is 1.27 bits per heavy atom. The molecule has 1 aliphatic heterocycles. The van der Waals surface area contributed by atoms with Crippen LogP contribution in [-0.2, 0) is 13.5 Å². The number of carbonyl (C=O) groups excluding carboxylic acids is 2. The van der Waals surface area contributed by atoms with Gasteiger partial charge in [-0.3, -0.25) is 4.79 Å². The minimum atomic E-state index is -0.173. The van der Waals surface area contributed by atoms with Crippen molar-refractivity contribution in [1.82, 2.24) is 19.8 Å². The number of amides is 2. The summed E-state index contributed by atoms with van der Waals surface area (Å²) in [5.74, 6) is 0.319. The lowest BCUT2D eigenvalue weighted by atomic mass is 9.93. The van der Waals surface area contributed by atoms with Gasteiger partial charge in [0.25, 0.3) is 0 Å². The lowest BCUT2D eigenvalue weighted by molar-refractivity contribution is 0.0832. The number of imidazole rings is 1. The number of likely N-dealkylation sites (tertiary alicyclic amines) is 1. The summed E-state index contributed by atoms with van der Waals surface area (Å²) in [4.78, 5) is 31.0. The highest BCUT2D eigenvalue weighted by Crippen LogP contribution is 2.20. The fourth-order valence-corrected chi connectivity index (χ4v) is 3.34. The van der Waals surface area contributed by atoms with Crippen molar-refractivity contribution in [2.24, 2.45) is 13.0 Å². The van der Waals surface area contributed by atoms with Gasteiger partial charge in [0.15, 0.2) is 5.82 Å². The summed E-state index contributed by atoms with van der Waals surface area (Å²) in [5, 5.41) is 2.98. The van der Waals surface area contributed by atoms with Crippen LogP contribution in [-0.4, -0.2) is 45.9 Å². The van der Waals surface area contributed by atoms with Crippen molar-refractivity contribution < 1.29 is 9.59 Å². The van der Waals surface area contributed by atoms with Crippen LogP contribution < -0.4 is 5.32 Å². The van der Waals surface area contributed by atoms with E-state index in [2.05, 4.69) is 41.5 Å². The average molecular weight is 354 g/mol. The Labute approximate surface area is 154 Å². The maximum absolute atomic E-state index is 12.6.